The zero-order chi connectivity index (χ0) is 19.6. The summed E-state index contributed by atoms with van der Waals surface area (Å²) in [5, 5.41) is 8.01. The van der Waals surface area contributed by atoms with Crippen molar-refractivity contribution >= 4 is 11.9 Å². The van der Waals surface area contributed by atoms with Crippen LogP contribution in [-0.4, -0.2) is 29.5 Å². The van der Waals surface area contributed by atoms with Crippen LogP contribution in [0.25, 0.3) is 0 Å². The third kappa shape index (κ3) is 6.71. The summed E-state index contributed by atoms with van der Waals surface area (Å²) in [5.41, 5.74) is 2.02. The van der Waals surface area contributed by atoms with Gasteiger partial charge in [-0.15, -0.1) is 0 Å². The predicted molar refractivity (Wildman–Crippen MR) is 103 cm³/mol. The van der Waals surface area contributed by atoms with Crippen molar-refractivity contribution in [3.63, 3.8) is 0 Å². The smallest absolute Gasteiger partial charge is 0.321 e. The van der Waals surface area contributed by atoms with Gasteiger partial charge in [-0.25, -0.2) is 4.79 Å². The number of rotatable bonds is 8. The highest BCUT2D eigenvalue weighted by molar-refractivity contribution is 5.96. The van der Waals surface area contributed by atoms with Crippen molar-refractivity contribution in [2.75, 3.05) is 6.54 Å². The molecule has 0 saturated heterocycles. The topological polar surface area (TPSA) is 92.4 Å². The second-order valence-electron chi connectivity index (χ2n) is 6.18. The Hall–Kier alpha value is -2.93. The van der Waals surface area contributed by atoms with Gasteiger partial charge in [0.2, 0.25) is 5.91 Å². The van der Waals surface area contributed by atoms with Gasteiger partial charge in [0.05, 0.1) is 6.04 Å². The molecule has 0 fully saturated rings. The lowest BCUT2D eigenvalue weighted by Crippen LogP contribution is -2.48. The molecule has 1 heterocycles. The summed E-state index contributed by atoms with van der Waals surface area (Å²) in [6, 6.07) is 10.5. The number of benzene rings is 1. The third-order valence-corrected chi connectivity index (χ3v) is 3.98. The summed E-state index contributed by atoms with van der Waals surface area (Å²) in [5.74, 6) is 0.390. The van der Waals surface area contributed by atoms with Gasteiger partial charge in [0.1, 0.15) is 12.4 Å². The highest BCUT2D eigenvalue weighted by Crippen LogP contribution is 2.19. The number of amides is 3. The molecule has 2 rings (SSSR count). The normalized spacial score (nSPS) is 12.7. The number of nitrogens with one attached hydrogen (secondary N) is 3. The van der Waals surface area contributed by atoms with E-state index in [1.165, 1.54) is 0 Å². The van der Waals surface area contributed by atoms with Crippen LogP contribution in [-0.2, 0) is 11.4 Å². The van der Waals surface area contributed by atoms with Gasteiger partial charge in [-0.05, 0) is 44.5 Å². The van der Waals surface area contributed by atoms with E-state index in [9.17, 15) is 9.59 Å². The van der Waals surface area contributed by atoms with E-state index < -0.39 is 12.1 Å². The number of hydrogen-bond acceptors (Lipinski definition) is 5. The van der Waals surface area contributed by atoms with Gasteiger partial charge >= 0.3 is 6.03 Å². The van der Waals surface area contributed by atoms with Gasteiger partial charge < -0.3 is 10.1 Å². The van der Waals surface area contributed by atoms with Crippen LogP contribution < -0.4 is 20.7 Å². The fourth-order valence-corrected chi connectivity index (χ4v) is 2.47. The van der Waals surface area contributed by atoms with Crippen LogP contribution >= 0.6 is 0 Å². The van der Waals surface area contributed by atoms with E-state index in [0.717, 1.165) is 16.9 Å². The maximum Gasteiger partial charge on any atom is 0.321 e. The third-order valence-electron chi connectivity index (χ3n) is 3.98. The number of carbonyl (C=O) groups is 2. The molecule has 0 spiro atoms. The molecule has 3 amide bonds. The van der Waals surface area contributed by atoms with Crippen LogP contribution in [0.1, 0.15) is 37.9 Å². The highest BCUT2D eigenvalue weighted by atomic mass is 16.5. The molecule has 7 nitrogen and oxygen atoms in total. The van der Waals surface area contributed by atoms with Crippen molar-refractivity contribution in [2.24, 2.45) is 0 Å². The van der Waals surface area contributed by atoms with Crippen molar-refractivity contribution in [1.29, 1.82) is 0 Å². The van der Waals surface area contributed by atoms with Gasteiger partial charge in [0, 0.05) is 30.5 Å². The lowest BCUT2D eigenvalue weighted by Gasteiger charge is -2.20. The molecule has 1 aromatic carbocycles. The number of ether oxygens (including phenoxy) is 1. The Kier molecular flexibility index (Phi) is 7.76. The Labute approximate surface area is 159 Å². The van der Waals surface area contributed by atoms with Gasteiger partial charge in [0.25, 0.3) is 0 Å². The van der Waals surface area contributed by atoms with Gasteiger partial charge in [-0.3, -0.25) is 20.4 Å². The molecule has 2 atom stereocenters. The quantitative estimate of drug-likeness (QED) is 0.664. The van der Waals surface area contributed by atoms with E-state index in [-0.39, 0.29) is 11.9 Å². The second kappa shape index (κ2) is 10.3. The molecule has 0 aliphatic rings. The average Bonchev–Trinajstić information content (AvgIpc) is 2.67. The largest absolute Gasteiger partial charge is 0.489 e. The van der Waals surface area contributed by atoms with Crippen LogP contribution in [0.2, 0.25) is 0 Å². The fraction of sp³-hybridized carbons (Fsp3) is 0.350. The molecule has 0 aliphatic heterocycles. The van der Waals surface area contributed by atoms with E-state index in [4.69, 9.17) is 4.74 Å². The molecule has 1 aromatic heterocycles. The summed E-state index contributed by atoms with van der Waals surface area (Å²) in [7, 11) is 0. The Bertz CT molecular complexity index is 735. The summed E-state index contributed by atoms with van der Waals surface area (Å²) < 4.78 is 5.74. The first-order valence-corrected chi connectivity index (χ1v) is 8.96. The highest BCUT2D eigenvalue weighted by Gasteiger charge is 2.18. The summed E-state index contributed by atoms with van der Waals surface area (Å²) in [4.78, 5) is 27.5. The summed E-state index contributed by atoms with van der Waals surface area (Å²) >= 11 is 0. The monoisotopic (exact) mass is 370 g/mol. The van der Waals surface area contributed by atoms with Crippen LogP contribution in [0.3, 0.4) is 0 Å². The molecule has 144 valence electrons. The molecule has 0 aliphatic carbocycles. The van der Waals surface area contributed by atoms with Crippen LogP contribution in [0, 0.1) is 0 Å². The SMILES string of the molecule is CCNC(=O)NC(=O)[C@H](C)N[C@@H](C)c1ccc(OCc2cccnc2)cc1. The Morgan fingerprint density at radius 1 is 1.15 bits per heavy atom. The van der Waals surface area contributed by atoms with Crippen molar-refractivity contribution in [2.45, 2.75) is 39.5 Å². The number of pyridine rings is 1. The molecule has 27 heavy (non-hydrogen) atoms. The van der Waals surface area contributed by atoms with E-state index in [1.807, 2.05) is 43.3 Å². The number of urea groups is 1. The fourth-order valence-electron chi connectivity index (χ4n) is 2.47. The standard InChI is InChI=1S/C20H26N4O3/c1-4-22-20(26)24-19(25)15(3)23-14(2)17-7-9-18(10-8-17)27-13-16-6-5-11-21-12-16/h5-12,14-15,23H,4,13H2,1-3H3,(H2,22,24,25,26)/t14-,15-/m0/s1. The first-order valence-electron chi connectivity index (χ1n) is 8.96. The summed E-state index contributed by atoms with van der Waals surface area (Å²) in [6.07, 6.45) is 3.50. The minimum atomic E-state index is -0.510. The average molecular weight is 370 g/mol. The minimum Gasteiger partial charge on any atom is -0.489 e. The van der Waals surface area contributed by atoms with Crippen LogP contribution in [0.4, 0.5) is 4.79 Å². The second-order valence-corrected chi connectivity index (χ2v) is 6.18. The first-order chi connectivity index (χ1) is 13.0. The zero-order valence-corrected chi connectivity index (χ0v) is 15.9. The molecular weight excluding hydrogens is 344 g/mol. The molecule has 0 saturated carbocycles. The van der Waals surface area contributed by atoms with E-state index in [2.05, 4.69) is 20.9 Å². The number of nitrogens with zero attached hydrogens (tertiary/aromatic N) is 1. The van der Waals surface area contributed by atoms with E-state index >= 15 is 0 Å². The number of hydrogen-bond donors (Lipinski definition) is 3. The van der Waals surface area contributed by atoms with Gasteiger partial charge in [-0.1, -0.05) is 18.2 Å². The van der Waals surface area contributed by atoms with E-state index in [0.29, 0.717) is 13.2 Å². The molecule has 3 N–H and O–H groups in total. The molecule has 0 radical (unpaired) electrons. The van der Waals surface area contributed by atoms with E-state index in [1.54, 1.807) is 26.2 Å². The predicted octanol–water partition coefficient (Wildman–Crippen LogP) is 2.55. The van der Waals surface area contributed by atoms with Crippen LogP contribution in [0.5, 0.6) is 5.75 Å². The first kappa shape index (κ1) is 20.4. The van der Waals surface area contributed by atoms with Crippen molar-refractivity contribution in [1.82, 2.24) is 20.9 Å². The van der Waals surface area contributed by atoms with Crippen molar-refractivity contribution in [3.05, 3.63) is 59.9 Å². The lowest BCUT2D eigenvalue weighted by molar-refractivity contribution is -0.121. The minimum absolute atomic E-state index is 0.0626. The number of carbonyl (C=O) groups excluding carboxylic acids is 2. The summed E-state index contributed by atoms with van der Waals surface area (Å²) in [6.45, 7) is 6.39. The molecule has 0 unspecified atom stereocenters. The molecule has 0 bridgehead atoms. The Balaban J connectivity index is 1.84. The maximum atomic E-state index is 12.0. The molecule has 7 heteroatoms. The molecule has 2 aromatic rings. The van der Waals surface area contributed by atoms with Crippen molar-refractivity contribution < 1.29 is 14.3 Å². The maximum absolute atomic E-state index is 12.0. The Morgan fingerprint density at radius 2 is 1.89 bits per heavy atom. The van der Waals surface area contributed by atoms with Gasteiger partial charge in [-0.2, -0.15) is 0 Å². The number of aromatic nitrogens is 1. The van der Waals surface area contributed by atoms with Crippen molar-refractivity contribution in [3.8, 4) is 5.75 Å². The molecular formula is C20H26N4O3. The Morgan fingerprint density at radius 3 is 2.52 bits per heavy atom. The number of imide groups is 1. The van der Waals surface area contributed by atoms with Crippen LogP contribution in [0.15, 0.2) is 48.8 Å². The van der Waals surface area contributed by atoms with Gasteiger partial charge in [0.15, 0.2) is 0 Å². The lowest BCUT2D eigenvalue weighted by atomic mass is 10.1. The zero-order valence-electron chi connectivity index (χ0n) is 15.9.